The topological polar surface area (TPSA) is 88.3 Å². The summed E-state index contributed by atoms with van der Waals surface area (Å²) in [5, 5.41) is 24.6. The van der Waals surface area contributed by atoms with E-state index in [1.165, 1.54) is 12.3 Å². The fourth-order valence-electron chi connectivity index (χ4n) is 1.91. The number of aliphatic hydroxyl groups is 1. The Morgan fingerprint density at radius 2 is 2.15 bits per heavy atom. The van der Waals surface area contributed by atoms with Crippen LogP contribution in [0.3, 0.4) is 0 Å². The van der Waals surface area contributed by atoms with Crippen LogP contribution in [0, 0.1) is 16.0 Å². The van der Waals surface area contributed by atoms with Crippen LogP contribution in [0.2, 0.25) is 0 Å². The van der Waals surface area contributed by atoms with Gasteiger partial charge < -0.3 is 10.4 Å². The van der Waals surface area contributed by atoms with Crippen LogP contribution in [-0.2, 0) is 0 Å². The van der Waals surface area contributed by atoms with Gasteiger partial charge >= 0.3 is 0 Å². The lowest BCUT2D eigenvalue weighted by Crippen LogP contribution is -2.24. The molecule has 1 heterocycles. The lowest BCUT2D eigenvalue weighted by Gasteiger charge is -2.16. The number of nitrogens with one attached hydrogen (secondary N) is 1. The molecule has 0 saturated heterocycles. The lowest BCUT2D eigenvalue weighted by atomic mass is 10.1. The molecule has 0 spiro atoms. The van der Waals surface area contributed by atoms with Gasteiger partial charge in [0.2, 0.25) is 0 Å². The van der Waals surface area contributed by atoms with Gasteiger partial charge in [0.1, 0.15) is 5.52 Å². The van der Waals surface area contributed by atoms with Crippen LogP contribution in [0.25, 0.3) is 10.9 Å². The van der Waals surface area contributed by atoms with Gasteiger partial charge in [-0.3, -0.25) is 10.1 Å². The molecule has 2 aromatic rings. The molecular formula is C14H17N3O3. The van der Waals surface area contributed by atoms with Gasteiger partial charge in [0.05, 0.1) is 11.0 Å². The van der Waals surface area contributed by atoms with Gasteiger partial charge in [-0.15, -0.1) is 0 Å². The van der Waals surface area contributed by atoms with Gasteiger partial charge in [-0.1, -0.05) is 13.8 Å². The third-order valence-corrected chi connectivity index (χ3v) is 3.22. The molecule has 2 rings (SSSR count). The maximum Gasteiger partial charge on any atom is 0.295 e. The van der Waals surface area contributed by atoms with Gasteiger partial charge in [0, 0.05) is 29.9 Å². The monoisotopic (exact) mass is 275 g/mol. The summed E-state index contributed by atoms with van der Waals surface area (Å²) in [6.45, 7) is 4.25. The summed E-state index contributed by atoms with van der Waals surface area (Å²) in [7, 11) is 0. The zero-order valence-electron chi connectivity index (χ0n) is 11.4. The second-order valence-electron chi connectivity index (χ2n) is 4.98. The van der Waals surface area contributed by atoms with E-state index in [1.807, 2.05) is 13.8 Å². The molecule has 2 N–H and O–H groups in total. The fourth-order valence-corrected chi connectivity index (χ4v) is 1.91. The SMILES string of the molecule is CC(C)C(O)CNc1ccc([N+](=O)[O-])c2ncccc12. The summed E-state index contributed by atoms with van der Waals surface area (Å²) >= 11 is 0. The van der Waals surface area contributed by atoms with Crippen LogP contribution in [0.1, 0.15) is 13.8 Å². The standard InChI is InChI=1S/C14H17N3O3/c1-9(2)13(18)8-16-11-5-6-12(17(19)20)14-10(11)4-3-7-15-14/h3-7,9,13,16,18H,8H2,1-2H3. The highest BCUT2D eigenvalue weighted by Crippen LogP contribution is 2.29. The Morgan fingerprint density at radius 3 is 2.80 bits per heavy atom. The lowest BCUT2D eigenvalue weighted by molar-refractivity contribution is -0.383. The number of rotatable bonds is 5. The van der Waals surface area contributed by atoms with Gasteiger partial charge in [0.25, 0.3) is 5.69 Å². The first kappa shape index (κ1) is 14.2. The van der Waals surface area contributed by atoms with Crippen LogP contribution in [0.4, 0.5) is 11.4 Å². The predicted molar refractivity (Wildman–Crippen MR) is 77.7 cm³/mol. The zero-order valence-corrected chi connectivity index (χ0v) is 11.4. The summed E-state index contributed by atoms with van der Waals surface area (Å²) < 4.78 is 0. The van der Waals surface area contributed by atoms with Crippen molar-refractivity contribution in [3.63, 3.8) is 0 Å². The van der Waals surface area contributed by atoms with Crippen molar-refractivity contribution in [2.45, 2.75) is 20.0 Å². The molecule has 0 aliphatic rings. The van der Waals surface area contributed by atoms with E-state index in [2.05, 4.69) is 10.3 Å². The number of non-ortho nitro benzene ring substituents is 1. The third-order valence-electron chi connectivity index (χ3n) is 3.22. The van der Waals surface area contributed by atoms with Crippen LogP contribution >= 0.6 is 0 Å². The zero-order chi connectivity index (χ0) is 14.7. The van der Waals surface area contributed by atoms with Crippen molar-refractivity contribution in [2.75, 3.05) is 11.9 Å². The molecule has 0 amide bonds. The average Bonchev–Trinajstić information content (AvgIpc) is 2.43. The number of aliphatic hydroxyl groups excluding tert-OH is 1. The Morgan fingerprint density at radius 1 is 1.40 bits per heavy atom. The number of aromatic nitrogens is 1. The van der Waals surface area contributed by atoms with Crippen LogP contribution in [0.15, 0.2) is 30.5 Å². The highest BCUT2D eigenvalue weighted by Gasteiger charge is 2.16. The molecule has 0 saturated carbocycles. The van der Waals surface area contributed by atoms with E-state index in [4.69, 9.17) is 0 Å². The Bertz CT molecular complexity index is 628. The van der Waals surface area contributed by atoms with Crippen molar-refractivity contribution >= 4 is 22.3 Å². The van der Waals surface area contributed by atoms with E-state index in [0.717, 1.165) is 5.69 Å². The molecule has 6 nitrogen and oxygen atoms in total. The van der Waals surface area contributed by atoms with E-state index >= 15 is 0 Å². The molecule has 1 aromatic heterocycles. The number of fused-ring (bicyclic) bond motifs is 1. The number of benzene rings is 1. The second-order valence-corrected chi connectivity index (χ2v) is 4.98. The molecule has 1 atom stereocenters. The minimum absolute atomic E-state index is 0.0180. The second kappa shape index (κ2) is 5.83. The summed E-state index contributed by atoms with van der Waals surface area (Å²) in [6.07, 6.45) is 1.05. The fraction of sp³-hybridized carbons (Fsp3) is 0.357. The maximum atomic E-state index is 11.0. The van der Waals surface area contributed by atoms with E-state index in [0.29, 0.717) is 17.4 Å². The molecule has 0 radical (unpaired) electrons. The first-order chi connectivity index (χ1) is 9.50. The summed E-state index contributed by atoms with van der Waals surface area (Å²) in [5.41, 5.74) is 1.07. The van der Waals surface area contributed by atoms with E-state index in [9.17, 15) is 15.2 Å². The average molecular weight is 275 g/mol. The van der Waals surface area contributed by atoms with Crippen LogP contribution < -0.4 is 5.32 Å². The minimum Gasteiger partial charge on any atom is -0.391 e. The van der Waals surface area contributed by atoms with Crippen molar-refractivity contribution in [3.8, 4) is 0 Å². The molecule has 0 aliphatic heterocycles. The molecule has 1 aromatic carbocycles. The third kappa shape index (κ3) is 2.85. The number of nitro groups is 1. The summed E-state index contributed by atoms with van der Waals surface area (Å²) in [5.74, 6) is 0.143. The van der Waals surface area contributed by atoms with Crippen molar-refractivity contribution in [3.05, 3.63) is 40.6 Å². The molecule has 20 heavy (non-hydrogen) atoms. The number of nitrogens with zero attached hydrogens (tertiary/aromatic N) is 2. The number of pyridine rings is 1. The van der Waals surface area contributed by atoms with Crippen molar-refractivity contribution in [1.82, 2.24) is 4.98 Å². The minimum atomic E-state index is -0.475. The number of hydrogen-bond donors (Lipinski definition) is 2. The highest BCUT2D eigenvalue weighted by molar-refractivity contribution is 5.96. The molecule has 106 valence electrons. The Labute approximate surface area is 116 Å². The van der Waals surface area contributed by atoms with Crippen LogP contribution in [0.5, 0.6) is 0 Å². The first-order valence-corrected chi connectivity index (χ1v) is 6.44. The predicted octanol–water partition coefficient (Wildman–Crippen LogP) is 2.57. The molecule has 6 heteroatoms. The molecular weight excluding hydrogens is 258 g/mol. The smallest absolute Gasteiger partial charge is 0.295 e. The molecule has 0 fully saturated rings. The van der Waals surface area contributed by atoms with Gasteiger partial charge in [-0.2, -0.15) is 0 Å². The molecule has 1 unspecified atom stereocenters. The van der Waals surface area contributed by atoms with E-state index in [-0.39, 0.29) is 11.6 Å². The van der Waals surface area contributed by atoms with Crippen molar-refractivity contribution in [1.29, 1.82) is 0 Å². The molecule has 0 aliphatic carbocycles. The van der Waals surface area contributed by atoms with Gasteiger partial charge in [-0.25, -0.2) is 4.98 Å². The first-order valence-electron chi connectivity index (χ1n) is 6.44. The highest BCUT2D eigenvalue weighted by atomic mass is 16.6. The van der Waals surface area contributed by atoms with E-state index in [1.54, 1.807) is 18.2 Å². The van der Waals surface area contributed by atoms with Crippen LogP contribution in [-0.4, -0.2) is 27.7 Å². The van der Waals surface area contributed by atoms with Crippen molar-refractivity contribution < 1.29 is 10.0 Å². The maximum absolute atomic E-state index is 11.0. The normalized spacial score (nSPS) is 12.6. The summed E-state index contributed by atoms with van der Waals surface area (Å²) in [6, 6.07) is 6.59. The number of nitro benzene ring substituents is 1. The quantitative estimate of drug-likeness (QED) is 0.646. The number of hydrogen-bond acceptors (Lipinski definition) is 5. The van der Waals surface area contributed by atoms with Gasteiger partial charge in [-0.05, 0) is 24.1 Å². The summed E-state index contributed by atoms with van der Waals surface area (Å²) in [4.78, 5) is 14.6. The molecule has 0 bridgehead atoms. The van der Waals surface area contributed by atoms with E-state index < -0.39 is 11.0 Å². The largest absolute Gasteiger partial charge is 0.391 e. The Balaban J connectivity index is 2.36. The Hall–Kier alpha value is -2.21. The van der Waals surface area contributed by atoms with Crippen molar-refractivity contribution in [2.24, 2.45) is 5.92 Å². The number of anilines is 1. The van der Waals surface area contributed by atoms with Gasteiger partial charge in [0.15, 0.2) is 0 Å². The Kier molecular flexibility index (Phi) is 4.14.